The van der Waals surface area contributed by atoms with Crippen LogP contribution in [0.2, 0.25) is 0 Å². The largest absolute Gasteiger partial charge is 0.493 e. The number of ether oxygens (including phenoxy) is 2. The molecule has 3 rings (SSSR count). The summed E-state index contributed by atoms with van der Waals surface area (Å²) in [5.41, 5.74) is 3.07. The maximum Gasteiger partial charge on any atom is 0.257 e. The number of aromatic amines is 1. The maximum atomic E-state index is 12.0. The predicted octanol–water partition coefficient (Wildman–Crippen LogP) is 3.43. The van der Waals surface area contributed by atoms with Gasteiger partial charge in [-0.15, -0.1) is 6.58 Å². The molecule has 0 fully saturated rings. The summed E-state index contributed by atoms with van der Waals surface area (Å²) in [6.07, 6.45) is 4.15. The lowest BCUT2D eigenvalue weighted by molar-refractivity contribution is -0.123. The van der Waals surface area contributed by atoms with Crippen LogP contribution in [-0.2, 0) is 17.6 Å². The van der Waals surface area contributed by atoms with Crippen molar-refractivity contribution in [3.8, 4) is 11.5 Å². The Bertz CT molecular complexity index is 916. The minimum absolute atomic E-state index is 0.0538. The van der Waals surface area contributed by atoms with E-state index >= 15 is 0 Å². The maximum absolute atomic E-state index is 12.0. The standard InChI is InChI=1S/C22H25N3O3/c1-3-7-16-11-12-19(20(14-16)27-2)28-15-22(26)23-13-6-10-21-24-17-8-4-5-9-18(17)25-21/h3-5,8-9,11-12,14H,1,6-7,10,13,15H2,2H3,(H,23,26)(H,24,25). The molecule has 6 nitrogen and oxygen atoms in total. The number of para-hydroxylation sites is 2. The molecule has 0 unspecified atom stereocenters. The Labute approximate surface area is 164 Å². The van der Waals surface area contributed by atoms with Gasteiger partial charge in [0.2, 0.25) is 0 Å². The lowest BCUT2D eigenvalue weighted by Gasteiger charge is -2.12. The highest BCUT2D eigenvalue weighted by atomic mass is 16.5. The van der Waals surface area contributed by atoms with E-state index in [1.54, 1.807) is 7.11 Å². The van der Waals surface area contributed by atoms with Crippen LogP contribution in [0.1, 0.15) is 17.8 Å². The van der Waals surface area contributed by atoms with Crippen LogP contribution < -0.4 is 14.8 Å². The molecule has 0 aliphatic rings. The number of imidazole rings is 1. The van der Waals surface area contributed by atoms with E-state index in [4.69, 9.17) is 9.47 Å². The Balaban J connectivity index is 1.41. The van der Waals surface area contributed by atoms with Crippen molar-refractivity contribution in [1.82, 2.24) is 15.3 Å². The number of benzene rings is 2. The monoisotopic (exact) mass is 379 g/mol. The molecular formula is C22H25N3O3. The molecule has 0 aliphatic carbocycles. The van der Waals surface area contributed by atoms with Gasteiger partial charge in [0, 0.05) is 13.0 Å². The Morgan fingerprint density at radius 1 is 1.25 bits per heavy atom. The van der Waals surface area contributed by atoms with Crippen molar-refractivity contribution in [2.24, 2.45) is 0 Å². The van der Waals surface area contributed by atoms with Crippen LogP contribution >= 0.6 is 0 Å². The average Bonchev–Trinajstić information content (AvgIpc) is 3.13. The first-order chi connectivity index (χ1) is 13.7. The number of rotatable bonds is 10. The fourth-order valence-corrected chi connectivity index (χ4v) is 2.93. The van der Waals surface area contributed by atoms with E-state index in [1.807, 2.05) is 48.5 Å². The van der Waals surface area contributed by atoms with E-state index in [0.29, 0.717) is 18.0 Å². The number of H-pyrrole nitrogens is 1. The minimum atomic E-state index is -0.165. The number of methoxy groups -OCH3 is 1. The summed E-state index contributed by atoms with van der Waals surface area (Å²) >= 11 is 0. The number of nitrogens with one attached hydrogen (secondary N) is 2. The van der Waals surface area contributed by atoms with Crippen molar-refractivity contribution in [2.45, 2.75) is 19.3 Å². The van der Waals surface area contributed by atoms with E-state index in [1.165, 1.54) is 0 Å². The molecule has 28 heavy (non-hydrogen) atoms. The number of fused-ring (bicyclic) bond motifs is 1. The number of hydrogen-bond donors (Lipinski definition) is 2. The van der Waals surface area contributed by atoms with Gasteiger partial charge >= 0.3 is 0 Å². The zero-order valence-corrected chi connectivity index (χ0v) is 16.0. The van der Waals surface area contributed by atoms with Crippen LogP contribution in [-0.4, -0.2) is 36.1 Å². The molecule has 2 N–H and O–H groups in total. The van der Waals surface area contributed by atoms with Crippen LogP contribution in [0.25, 0.3) is 11.0 Å². The van der Waals surface area contributed by atoms with E-state index in [0.717, 1.165) is 41.7 Å². The third kappa shape index (κ3) is 5.13. The smallest absolute Gasteiger partial charge is 0.257 e. The highest BCUT2D eigenvalue weighted by Crippen LogP contribution is 2.28. The molecule has 0 saturated heterocycles. The number of hydrogen-bond acceptors (Lipinski definition) is 4. The Kier molecular flexibility index (Phi) is 6.68. The van der Waals surface area contributed by atoms with Crippen LogP contribution in [0, 0.1) is 0 Å². The van der Waals surface area contributed by atoms with E-state index in [-0.39, 0.29) is 12.5 Å². The molecule has 1 aromatic heterocycles. The van der Waals surface area contributed by atoms with E-state index in [2.05, 4.69) is 21.9 Å². The summed E-state index contributed by atoms with van der Waals surface area (Å²) in [5.74, 6) is 1.92. The van der Waals surface area contributed by atoms with Gasteiger partial charge in [-0.2, -0.15) is 0 Å². The van der Waals surface area contributed by atoms with Gasteiger partial charge in [0.15, 0.2) is 18.1 Å². The van der Waals surface area contributed by atoms with Crippen molar-refractivity contribution in [3.05, 3.63) is 66.5 Å². The van der Waals surface area contributed by atoms with E-state index in [9.17, 15) is 4.79 Å². The molecule has 1 amide bonds. The predicted molar refractivity (Wildman–Crippen MR) is 110 cm³/mol. The summed E-state index contributed by atoms with van der Waals surface area (Å²) in [4.78, 5) is 19.8. The van der Waals surface area contributed by atoms with Gasteiger partial charge in [-0.1, -0.05) is 24.3 Å². The molecule has 0 spiro atoms. The van der Waals surface area contributed by atoms with Crippen LogP contribution in [0.4, 0.5) is 0 Å². The summed E-state index contributed by atoms with van der Waals surface area (Å²) < 4.78 is 10.9. The number of carbonyl (C=O) groups is 1. The van der Waals surface area contributed by atoms with Crippen LogP contribution in [0.5, 0.6) is 11.5 Å². The summed E-state index contributed by atoms with van der Waals surface area (Å²) in [7, 11) is 1.58. The SMILES string of the molecule is C=CCc1ccc(OCC(=O)NCCCc2nc3ccccc3[nH]2)c(OC)c1. The zero-order valence-electron chi connectivity index (χ0n) is 16.0. The van der Waals surface area contributed by atoms with Gasteiger partial charge < -0.3 is 19.8 Å². The van der Waals surface area contributed by atoms with Crippen molar-refractivity contribution in [2.75, 3.05) is 20.3 Å². The van der Waals surface area contributed by atoms with Gasteiger partial charge in [0.05, 0.1) is 18.1 Å². The van der Waals surface area contributed by atoms with E-state index < -0.39 is 0 Å². The lowest BCUT2D eigenvalue weighted by Crippen LogP contribution is -2.30. The molecule has 3 aromatic rings. The lowest BCUT2D eigenvalue weighted by atomic mass is 10.1. The fraction of sp³-hybridized carbons (Fsp3) is 0.273. The number of aromatic nitrogens is 2. The second kappa shape index (κ2) is 9.60. The van der Waals surface area contributed by atoms with Crippen LogP contribution in [0.15, 0.2) is 55.1 Å². The number of aryl methyl sites for hydroxylation is 1. The molecule has 0 radical (unpaired) electrons. The molecule has 0 aliphatic heterocycles. The van der Waals surface area contributed by atoms with Gasteiger partial charge in [-0.05, 0) is 42.7 Å². The number of carbonyl (C=O) groups excluding carboxylic acids is 1. The molecule has 2 aromatic carbocycles. The molecule has 0 atom stereocenters. The molecule has 6 heteroatoms. The number of nitrogens with zero attached hydrogens (tertiary/aromatic N) is 1. The minimum Gasteiger partial charge on any atom is -0.493 e. The molecule has 1 heterocycles. The normalized spacial score (nSPS) is 10.6. The quantitative estimate of drug-likeness (QED) is 0.418. The first-order valence-electron chi connectivity index (χ1n) is 9.30. The molecule has 146 valence electrons. The summed E-state index contributed by atoms with van der Waals surface area (Å²) in [5, 5.41) is 2.87. The molecule has 0 bridgehead atoms. The van der Waals surface area contributed by atoms with Gasteiger partial charge in [-0.25, -0.2) is 4.98 Å². The zero-order chi connectivity index (χ0) is 19.8. The number of allylic oxidation sites excluding steroid dienone is 1. The number of amides is 1. The first-order valence-corrected chi connectivity index (χ1v) is 9.30. The van der Waals surface area contributed by atoms with Crippen molar-refractivity contribution in [1.29, 1.82) is 0 Å². The second-order valence-corrected chi connectivity index (χ2v) is 6.42. The fourth-order valence-electron chi connectivity index (χ4n) is 2.93. The Morgan fingerprint density at radius 2 is 2.11 bits per heavy atom. The van der Waals surface area contributed by atoms with Crippen molar-refractivity contribution >= 4 is 16.9 Å². The van der Waals surface area contributed by atoms with Crippen molar-refractivity contribution in [3.63, 3.8) is 0 Å². The Morgan fingerprint density at radius 3 is 2.89 bits per heavy atom. The van der Waals surface area contributed by atoms with Gasteiger partial charge in [0.1, 0.15) is 5.82 Å². The second-order valence-electron chi connectivity index (χ2n) is 6.42. The molecular weight excluding hydrogens is 354 g/mol. The van der Waals surface area contributed by atoms with Gasteiger partial charge in [-0.3, -0.25) is 4.79 Å². The summed E-state index contributed by atoms with van der Waals surface area (Å²) in [6.45, 7) is 4.24. The summed E-state index contributed by atoms with van der Waals surface area (Å²) in [6, 6.07) is 13.6. The Hall–Kier alpha value is -3.28. The highest BCUT2D eigenvalue weighted by molar-refractivity contribution is 5.77. The third-order valence-corrected chi connectivity index (χ3v) is 4.32. The van der Waals surface area contributed by atoms with Gasteiger partial charge in [0.25, 0.3) is 5.91 Å². The van der Waals surface area contributed by atoms with Crippen LogP contribution in [0.3, 0.4) is 0 Å². The topological polar surface area (TPSA) is 76.2 Å². The highest BCUT2D eigenvalue weighted by Gasteiger charge is 2.09. The molecule has 0 saturated carbocycles. The average molecular weight is 379 g/mol. The third-order valence-electron chi connectivity index (χ3n) is 4.32. The van der Waals surface area contributed by atoms with Crippen molar-refractivity contribution < 1.29 is 14.3 Å². The first kappa shape index (κ1) is 19.5.